The predicted molar refractivity (Wildman–Crippen MR) is 107 cm³/mol. The molecule has 0 saturated heterocycles. The van der Waals surface area contributed by atoms with E-state index >= 15 is 0 Å². The van der Waals surface area contributed by atoms with Gasteiger partial charge in [-0.05, 0) is 42.1 Å². The molecule has 0 unspecified atom stereocenters. The fraction of sp³-hybridized carbons (Fsp3) is 0.182. The van der Waals surface area contributed by atoms with Crippen LogP contribution < -0.4 is 20.3 Å². The third-order valence-corrected chi connectivity index (χ3v) is 4.01. The second-order valence-electron chi connectivity index (χ2n) is 6.14. The highest BCUT2D eigenvalue weighted by Crippen LogP contribution is 2.24. The molecular formula is C22H22N2O4. The molecule has 2 N–H and O–H groups in total. The van der Waals surface area contributed by atoms with E-state index in [1.165, 1.54) is 0 Å². The number of nitrogens with one attached hydrogen (secondary N) is 2. The minimum atomic E-state index is -0.454. The summed E-state index contributed by atoms with van der Waals surface area (Å²) < 4.78 is 11.1. The number of benzene rings is 3. The van der Waals surface area contributed by atoms with Crippen LogP contribution in [0.2, 0.25) is 0 Å². The van der Waals surface area contributed by atoms with Gasteiger partial charge >= 0.3 is 0 Å². The van der Waals surface area contributed by atoms with Crippen molar-refractivity contribution in [2.24, 2.45) is 0 Å². The second-order valence-corrected chi connectivity index (χ2v) is 6.14. The van der Waals surface area contributed by atoms with Gasteiger partial charge < -0.3 is 9.47 Å². The Hall–Kier alpha value is -3.54. The third-order valence-electron chi connectivity index (χ3n) is 4.01. The molecule has 0 aliphatic heterocycles. The van der Waals surface area contributed by atoms with Gasteiger partial charge in [0.15, 0.2) is 6.61 Å². The molecule has 144 valence electrons. The Morgan fingerprint density at radius 2 is 1.61 bits per heavy atom. The molecule has 28 heavy (non-hydrogen) atoms. The molecule has 6 heteroatoms. The van der Waals surface area contributed by atoms with E-state index in [1.807, 2.05) is 43.3 Å². The molecule has 3 aromatic carbocycles. The SMILES string of the molecule is CCCOc1ccc(C(=O)NNC(=O)COc2cccc3ccccc23)cc1. The summed E-state index contributed by atoms with van der Waals surface area (Å²) in [4.78, 5) is 24.1. The Bertz CT molecular complexity index is 949. The Kier molecular flexibility index (Phi) is 6.46. The molecule has 0 bridgehead atoms. The first kappa shape index (κ1) is 19.2. The minimum absolute atomic E-state index is 0.210. The lowest BCUT2D eigenvalue weighted by molar-refractivity contribution is -0.123. The number of hydrazine groups is 1. The average molecular weight is 378 g/mol. The maximum absolute atomic E-state index is 12.1. The monoisotopic (exact) mass is 378 g/mol. The number of hydrogen-bond acceptors (Lipinski definition) is 4. The summed E-state index contributed by atoms with van der Waals surface area (Å²) in [5.41, 5.74) is 5.14. The van der Waals surface area contributed by atoms with E-state index in [2.05, 4.69) is 10.9 Å². The van der Waals surface area contributed by atoms with Gasteiger partial charge in [-0.1, -0.05) is 43.3 Å². The second kappa shape index (κ2) is 9.41. The van der Waals surface area contributed by atoms with Crippen molar-refractivity contribution in [1.82, 2.24) is 10.9 Å². The topological polar surface area (TPSA) is 76.7 Å². The minimum Gasteiger partial charge on any atom is -0.494 e. The molecule has 0 fully saturated rings. The molecule has 0 radical (unpaired) electrons. The quantitative estimate of drug-likeness (QED) is 0.617. The number of amides is 2. The summed E-state index contributed by atoms with van der Waals surface area (Å²) in [7, 11) is 0. The molecule has 0 saturated carbocycles. The van der Waals surface area contributed by atoms with E-state index in [4.69, 9.17) is 9.47 Å². The largest absolute Gasteiger partial charge is 0.494 e. The molecule has 0 atom stereocenters. The van der Waals surface area contributed by atoms with Crippen LogP contribution in [0, 0.1) is 0 Å². The van der Waals surface area contributed by atoms with Gasteiger partial charge in [0, 0.05) is 10.9 Å². The molecule has 2 amide bonds. The van der Waals surface area contributed by atoms with Gasteiger partial charge in [-0.25, -0.2) is 0 Å². The van der Waals surface area contributed by atoms with Crippen LogP contribution in [0.5, 0.6) is 11.5 Å². The van der Waals surface area contributed by atoms with Crippen LogP contribution in [-0.2, 0) is 4.79 Å². The summed E-state index contributed by atoms with van der Waals surface area (Å²) >= 11 is 0. The van der Waals surface area contributed by atoms with Crippen molar-refractivity contribution in [2.45, 2.75) is 13.3 Å². The molecular weight excluding hydrogens is 356 g/mol. The zero-order valence-electron chi connectivity index (χ0n) is 15.6. The first-order valence-electron chi connectivity index (χ1n) is 9.10. The molecule has 0 aromatic heterocycles. The zero-order valence-corrected chi connectivity index (χ0v) is 15.6. The summed E-state index contributed by atoms with van der Waals surface area (Å²) in [5.74, 6) is 0.443. The van der Waals surface area contributed by atoms with Crippen LogP contribution in [0.25, 0.3) is 10.8 Å². The van der Waals surface area contributed by atoms with E-state index in [0.717, 1.165) is 17.2 Å². The number of carbonyl (C=O) groups is 2. The lowest BCUT2D eigenvalue weighted by Crippen LogP contribution is -2.43. The average Bonchev–Trinajstić information content (AvgIpc) is 2.74. The van der Waals surface area contributed by atoms with Crippen molar-refractivity contribution >= 4 is 22.6 Å². The van der Waals surface area contributed by atoms with Gasteiger partial charge in [-0.2, -0.15) is 0 Å². The predicted octanol–water partition coefficient (Wildman–Crippen LogP) is 3.47. The third kappa shape index (κ3) is 5.01. The van der Waals surface area contributed by atoms with Crippen LogP contribution in [0.3, 0.4) is 0 Å². The maximum atomic E-state index is 12.1. The first-order chi connectivity index (χ1) is 13.7. The van der Waals surface area contributed by atoms with Crippen LogP contribution in [-0.4, -0.2) is 25.0 Å². The lowest BCUT2D eigenvalue weighted by atomic mass is 10.1. The van der Waals surface area contributed by atoms with Crippen LogP contribution in [0.15, 0.2) is 66.7 Å². The highest BCUT2D eigenvalue weighted by atomic mass is 16.5. The highest BCUT2D eigenvalue weighted by molar-refractivity contribution is 5.95. The smallest absolute Gasteiger partial charge is 0.276 e. The van der Waals surface area contributed by atoms with E-state index < -0.39 is 11.8 Å². The van der Waals surface area contributed by atoms with Crippen molar-refractivity contribution < 1.29 is 19.1 Å². The van der Waals surface area contributed by atoms with Gasteiger partial charge in [0.05, 0.1) is 6.61 Å². The van der Waals surface area contributed by atoms with E-state index in [0.29, 0.717) is 23.7 Å². The molecule has 0 heterocycles. The van der Waals surface area contributed by atoms with Gasteiger partial charge in [0.2, 0.25) is 0 Å². The molecule has 0 spiro atoms. The van der Waals surface area contributed by atoms with Crippen molar-refractivity contribution in [3.63, 3.8) is 0 Å². The van der Waals surface area contributed by atoms with Crippen molar-refractivity contribution in [2.75, 3.05) is 13.2 Å². The van der Waals surface area contributed by atoms with Gasteiger partial charge in [0.25, 0.3) is 11.8 Å². The van der Waals surface area contributed by atoms with E-state index in [9.17, 15) is 9.59 Å². The molecule has 3 rings (SSSR count). The molecule has 0 aliphatic rings. The summed E-state index contributed by atoms with van der Waals surface area (Å²) in [6.45, 7) is 2.44. The van der Waals surface area contributed by atoms with Crippen molar-refractivity contribution in [1.29, 1.82) is 0 Å². The number of fused-ring (bicyclic) bond motifs is 1. The van der Waals surface area contributed by atoms with Crippen LogP contribution in [0.4, 0.5) is 0 Å². The van der Waals surface area contributed by atoms with E-state index in [-0.39, 0.29) is 6.61 Å². The molecule has 6 nitrogen and oxygen atoms in total. The number of carbonyl (C=O) groups excluding carboxylic acids is 2. The first-order valence-corrected chi connectivity index (χ1v) is 9.10. The summed E-state index contributed by atoms with van der Waals surface area (Å²) in [5, 5.41) is 1.95. The lowest BCUT2D eigenvalue weighted by Gasteiger charge is -2.11. The van der Waals surface area contributed by atoms with Gasteiger partial charge in [0.1, 0.15) is 11.5 Å². The zero-order chi connectivity index (χ0) is 19.8. The number of ether oxygens (including phenoxy) is 2. The molecule has 3 aromatic rings. The Morgan fingerprint density at radius 3 is 2.39 bits per heavy atom. The van der Waals surface area contributed by atoms with Crippen molar-refractivity contribution in [3.05, 3.63) is 72.3 Å². The number of hydrogen-bond donors (Lipinski definition) is 2. The summed E-state index contributed by atoms with van der Waals surface area (Å²) in [6, 6.07) is 20.1. The van der Waals surface area contributed by atoms with Crippen LogP contribution in [0.1, 0.15) is 23.7 Å². The van der Waals surface area contributed by atoms with Crippen molar-refractivity contribution in [3.8, 4) is 11.5 Å². The maximum Gasteiger partial charge on any atom is 0.276 e. The molecule has 0 aliphatic carbocycles. The van der Waals surface area contributed by atoms with Gasteiger partial charge in [-0.3, -0.25) is 20.4 Å². The van der Waals surface area contributed by atoms with E-state index in [1.54, 1.807) is 30.3 Å². The standard InChI is InChI=1S/C22H22N2O4/c1-2-14-27-18-12-10-17(11-13-18)22(26)24-23-21(25)15-28-20-9-5-7-16-6-3-4-8-19(16)20/h3-13H,2,14-15H2,1H3,(H,23,25)(H,24,26). The fourth-order valence-corrected chi connectivity index (χ4v) is 2.62. The normalized spacial score (nSPS) is 10.3. The Balaban J connectivity index is 1.49. The van der Waals surface area contributed by atoms with Crippen LogP contribution >= 0.6 is 0 Å². The highest BCUT2D eigenvalue weighted by Gasteiger charge is 2.09. The summed E-state index contributed by atoms with van der Waals surface area (Å²) in [6.07, 6.45) is 0.912. The Labute approximate surface area is 163 Å². The Morgan fingerprint density at radius 1 is 0.857 bits per heavy atom. The van der Waals surface area contributed by atoms with Gasteiger partial charge in [-0.15, -0.1) is 0 Å². The number of rotatable bonds is 7. The fourth-order valence-electron chi connectivity index (χ4n) is 2.62.